The van der Waals surface area contributed by atoms with Crippen LogP contribution in [0.25, 0.3) is 0 Å². The molecule has 0 bridgehead atoms. The van der Waals surface area contributed by atoms with Crippen LogP contribution >= 0.6 is 27.3 Å². The summed E-state index contributed by atoms with van der Waals surface area (Å²) in [6.07, 6.45) is 1.66. The van der Waals surface area contributed by atoms with Crippen molar-refractivity contribution in [3.8, 4) is 0 Å². The minimum absolute atomic E-state index is 0.00126. The average Bonchev–Trinajstić information content (AvgIpc) is 2.92. The lowest BCUT2D eigenvalue weighted by Crippen LogP contribution is -2.30. The van der Waals surface area contributed by atoms with Gasteiger partial charge < -0.3 is 0 Å². The summed E-state index contributed by atoms with van der Waals surface area (Å²) < 4.78 is 2.98. The Labute approximate surface area is 125 Å². The summed E-state index contributed by atoms with van der Waals surface area (Å²) in [5.74, 6) is 5.67. The molecule has 2 aromatic heterocycles. The molecule has 1 unspecified atom stereocenters. The Hall–Kier alpha value is -0.760. The molecule has 0 aromatic carbocycles. The first-order chi connectivity index (χ1) is 9.06. The first kappa shape index (κ1) is 14.6. The predicted octanol–water partition coefficient (Wildman–Crippen LogP) is 2.26. The summed E-state index contributed by atoms with van der Waals surface area (Å²) in [6, 6.07) is 0.00126. The number of aromatic nitrogens is 3. The summed E-state index contributed by atoms with van der Waals surface area (Å²) in [6.45, 7) is 4.09. The van der Waals surface area contributed by atoms with Gasteiger partial charge in [-0.25, -0.2) is 4.98 Å². The maximum atomic E-state index is 5.67. The molecule has 104 valence electrons. The van der Waals surface area contributed by atoms with Crippen LogP contribution in [0.2, 0.25) is 0 Å². The SMILES string of the molecule is CCc1nn(C)c(CC(NN)c2csc(C)n2)c1Br. The number of nitrogens with zero attached hydrogens (tertiary/aromatic N) is 3. The molecule has 2 aromatic rings. The Kier molecular flexibility index (Phi) is 4.72. The van der Waals surface area contributed by atoms with Crippen molar-refractivity contribution in [3.05, 3.63) is 31.9 Å². The predicted molar refractivity (Wildman–Crippen MR) is 80.9 cm³/mol. The number of halogens is 1. The van der Waals surface area contributed by atoms with E-state index in [1.807, 2.05) is 24.0 Å². The minimum Gasteiger partial charge on any atom is -0.271 e. The number of thiazole rings is 1. The van der Waals surface area contributed by atoms with Crippen molar-refractivity contribution in [1.29, 1.82) is 0 Å². The Balaban J connectivity index is 2.26. The molecule has 0 amide bonds. The number of hydrogen-bond acceptors (Lipinski definition) is 5. The topological polar surface area (TPSA) is 68.8 Å². The number of hydrazine groups is 1. The van der Waals surface area contributed by atoms with Gasteiger partial charge in [0.15, 0.2) is 0 Å². The average molecular weight is 344 g/mol. The molecule has 0 radical (unpaired) electrons. The second-order valence-electron chi connectivity index (χ2n) is 4.40. The van der Waals surface area contributed by atoms with Crippen molar-refractivity contribution >= 4 is 27.3 Å². The van der Waals surface area contributed by atoms with Gasteiger partial charge in [0.25, 0.3) is 0 Å². The van der Waals surface area contributed by atoms with Gasteiger partial charge in [-0.05, 0) is 29.3 Å². The van der Waals surface area contributed by atoms with Crippen LogP contribution < -0.4 is 11.3 Å². The van der Waals surface area contributed by atoms with Crippen molar-refractivity contribution in [3.63, 3.8) is 0 Å². The molecule has 5 nitrogen and oxygen atoms in total. The zero-order valence-corrected chi connectivity index (χ0v) is 13.7. The number of nitrogens with two attached hydrogens (primary N) is 1. The van der Waals surface area contributed by atoms with Crippen molar-refractivity contribution in [2.75, 3.05) is 0 Å². The van der Waals surface area contributed by atoms with Crippen LogP contribution in [-0.2, 0) is 19.9 Å². The van der Waals surface area contributed by atoms with Crippen LogP contribution in [0.1, 0.15) is 35.1 Å². The van der Waals surface area contributed by atoms with E-state index >= 15 is 0 Å². The highest BCUT2D eigenvalue weighted by molar-refractivity contribution is 9.10. The molecule has 1 atom stereocenters. The Morgan fingerprint density at radius 3 is 2.79 bits per heavy atom. The van der Waals surface area contributed by atoms with Gasteiger partial charge in [-0.1, -0.05) is 6.92 Å². The number of nitrogens with one attached hydrogen (secondary N) is 1. The van der Waals surface area contributed by atoms with E-state index in [1.54, 1.807) is 11.3 Å². The van der Waals surface area contributed by atoms with E-state index in [2.05, 4.69) is 38.4 Å². The highest BCUT2D eigenvalue weighted by Gasteiger charge is 2.19. The largest absolute Gasteiger partial charge is 0.271 e. The second kappa shape index (κ2) is 6.13. The van der Waals surface area contributed by atoms with Gasteiger partial charge in [-0.2, -0.15) is 5.10 Å². The van der Waals surface area contributed by atoms with E-state index in [4.69, 9.17) is 5.84 Å². The van der Waals surface area contributed by atoms with E-state index < -0.39 is 0 Å². The van der Waals surface area contributed by atoms with Crippen LogP contribution in [0, 0.1) is 6.92 Å². The van der Waals surface area contributed by atoms with E-state index in [0.29, 0.717) is 0 Å². The zero-order valence-electron chi connectivity index (χ0n) is 11.3. The number of rotatable bonds is 5. The van der Waals surface area contributed by atoms with Crippen molar-refractivity contribution in [2.24, 2.45) is 12.9 Å². The van der Waals surface area contributed by atoms with Gasteiger partial charge in [-0.15, -0.1) is 11.3 Å². The Morgan fingerprint density at radius 2 is 2.32 bits per heavy atom. The quantitative estimate of drug-likeness (QED) is 0.645. The fourth-order valence-electron chi connectivity index (χ4n) is 2.02. The molecular formula is C12H18BrN5S. The molecule has 0 aliphatic rings. The van der Waals surface area contributed by atoms with Crippen LogP contribution in [-0.4, -0.2) is 14.8 Å². The third kappa shape index (κ3) is 3.05. The highest BCUT2D eigenvalue weighted by atomic mass is 79.9. The van der Waals surface area contributed by atoms with Gasteiger partial charge >= 0.3 is 0 Å². The van der Waals surface area contributed by atoms with Crippen LogP contribution in [0.4, 0.5) is 0 Å². The second-order valence-corrected chi connectivity index (χ2v) is 6.25. The van der Waals surface area contributed by atoms with Crippen LogP contribution in [0.15, 0.2) is 9.85 Å². The molecule has 3 N–H and O–H groups in total. The molecule has 2 heterocycles. The molecule has 2 rings (SSSR count). The highest BCUT2D eigenvalue weighted by Crippen LogP contribution is 2.27. The molecule has 0 spiro atoms. The molecule has 0 aliphatic carbocycles. The lowest BCUT2D eigenvalue weighted by molar-refractivity contribution is 0.519. The fraction of sp³-hybridized carbons (Fsp3) is 0.500. The standard InChI is InChI=1S/C12H18BrN5S/c1-4-8-12(13)11(18(3)17-8)5-9(16-14)10-6-19-7(2)15-10/h6,9,16H,4-5,14H2,1-3H3. The fourth-order valence-corrected chi connectivity index (χ4v) is 3.47. The summed E-state index contributed by atoms with van der Waals surface area (Å²) >= 11 is 5.26. The van der Waals surface area contributed by atoms with E-state index in [9.17, 15) is 0 Å². The van der Waals surface area contributed by atoms with Gasteiger partial charge in [0, 0.05) is 18.8 Å². The molecule has 19 heavy (non-hydrogen) atoms. The molecule has 0 fully saturated rings. The van der Waals surface area contributed by atoms with E-state index in [1.165, 1.54) is 0 Å². The summed E-state index contributed by atoms with van der Waals surface area (Å²) in [7, 11) is 1.96. The van der Waals surface area contributed by atoms with Crippen molar-refractivity contribution in [1.82, 2.24) is 20.2 Å². The normalized spacial score (nSPS) is 12.9. The van der Waals surface area contributed by atoms with Gasteiger partial charge in [0.2, 0.25) is 0 Å². The first-order valence-electron chi connectivity index (χ1n) is 6.15. The molecule has 0 saturated carbocycles. The minimum atomic E-state index is 0.00126. The van der Waals surface area contributed by atoms with E-state index in [-0.39, 0.29) is 6.04 Å². The van der Waals surface area contributed by atoms with Gasteiger partial charge in [0.1, 0.15) is 0 Å². The monoisotopic (exact) mass is 343 g/mol. The van der Waals surface area contributed by atoms with Crippen LogP contribution in [0.3, 0.4) is 0 Å². The third-order valence-electron chi connectivity index (χ3n) is 3.10. The van der Waals surface area contributed by atoms with Gasteiger partial charge in [0.05, 0.1) is 32.6 Å². The lowest BCUT2D eigenvalue weighted by Gasteiger charge is -2.14. The molecule has 7 heteroatoms. The maximum Gasteiger partial charge on any atom is 0.0898 e. The maximum absolute atomic E-state index is 5.67. The number of aryl methyl sites for hydroxylation is 3. The smallest absolute Gasteiger partial charge is 0.0898 e. The van der Waals surface area contributed by atoms with Crippen molar-refractivity contribution in [2.45, 2.75) is 32.7 Å². The first-order valence-corrected chi connectivity index (χ1v) is 7.82. The zero-order chi connectivity index (χ0) is 14.0. The Bertz CT molecular complexity index is 562. The van der Waals surface area contributed by atoms with Gasteiger partial charge in [-0.3, -0.25) is 16.0 Å². The molecule has 0 saturated heterocycles. The Morgan fingerprint density at radius 1 is 1.58 bits per heavy atom. The summed E-state index contributed by atoms with van der Waals surface area (Å²) in [5.41, 5.74) is 6.03. The molecule has 0 aliphatic heterocycles. The van der Waals surface area contributed by atoms with Crippen LogP contribution in [0.5, 0.6) is 0 Å². The third-order valence-corrected chi connectivity index (χ3v) is 4.80. The lowest BCUT2D eigenvalue weighted by atomic mass is 10.1. The summed E-state index contributed by atoms with van der Waals surface area (Å²) in [5, 5.41) is 7.59. The molecular weight excluding hydrogens is 326 g/mol. The summed E-state index contributed by atoms with van der Waals surface area (Å²) in [4.78, 5) is 4.50. The van der Waals surface area contributed by atoms with E-state index in [0.717, 1.165) is 39.4 Å². The van der Waals surface area contributed by atoms with Crippen molar-refractivity contribution < 1.29 is 0 Å². The number of hydrogen-bond donors (Lipinski definition) is 2.